The molecule has 1 saturated heterocycles. The lowest BCUT2D eigenvalue weighted by atomic mass is 10.1. The van der Waals surface area contributed by atoms with E-state index in [-0.39, 0.29) is 17.6 Å². The summed E-state index contributed by atoms with van der Waals surface area (Å²) in [7, 11) is 0. The molecule has 1 aliphatic heterocycles. The smallest absolute Gasteiger partial charge is 0.255 e. The summed E-state index contributed by atoms with van der Waals surface area (Å²) in [5, 5.41) is 0. The summed E-state index contributed by atoms with van der Waals surface area (Å²) in [6.45, 7) is 2.01. The molecule has 0 aromatic carbocycles. The van der Waals surface area contributed by atoms with Gasteiger partial charge in [-0.1, -0.05) is 0 Å². The van der Waals surface area contributed by atoms with Crippen molar-refractivity contribution in [3.8, 4) is 0 Å². The summed E-state index contributed by atoms with van der Waals surface area (Å²) in [5.74, 6) is -0.722. The lowest BCUT2D eigenvalue weighted by Gasteiger charge is -2.32. The van der Waals surface area contributed by atoms with E-state index >= 15 is 0 Å². The van der Waals surface area contributed by atoms with Gasteiger partial charge in [-0.2, -0.15) is 0 Å². The van der Waals surface area contributed by atoms with Crippen LogP contribution in [0.4, 0.5) is 4.39 Å². The third kappa shape index (κ3) is 3.02. The minimum atomic E-state index is -0.507. The number of aromatic nitrogens is 1. The van der Waals surface area contributed by atoms with Crippen LogP contribution in [-0.2, 0) is 4.74 Å². The van der Waals surface area contributed by atoms with Crippen LogP contribution < -0.4 is 5.73 Å². The zero-order valence-corrected chi connectivity index (χ0v) is 10.0. The summed E-state index contributed by atoms with van der Waals surface area (Å²) in [6, 6.07) is 1.20. The number of pyridine rings is 1. The second-order valence-electron chi connectivity index (χ2n) is 4.21. The highest BCUT2D eigenvalue weighted by atomic mass is 19.1. The fourth-order valence-electron chi connectivity index (χ4n) is 1.98. The van der Waals surface area contributed by atoms with Gasteiger partial charge < -0.3 is 15.4 Å². The van der Waals surface area contributed by atoms with Crippen LogP contribution in [0, 0.1) is 5.82 Å². The third-order valence-corrected chi connectivity index (χ3v) is 2.87. The van der Waals surface area contributed by atoms with Gasteiger partial charge >= 0.3 is 0 Å². The Balaban J connectivity index is 2.04. The Hall–Kier alpha value is -1.53. The maximum atomic E-state index is 13.0. The van der Waals surface area contributed by atoms with Crippen molar-refractivity contribution in [1.82, 2.24) is 9.88 Å². The van der Waals surface area contributed by atoms with E-state index in [1.54, 1.807) is 4.90 Å². The number of nitrogens with two attached hydrogens (primary N) is 1. The first-order valence-electron chi connectivity index (χ1n) is 5.92. The zero-order valence-electron chi connectivity index (χ0n) is 10.0. The Bertz CT molecular complexity index is 426. The molecule has 1 unspecified atom stereocenters. The standard InChI is InChI=1S/C12H16FN3O2/c13-10-5-9(6-15-7-10)12(17)16-3-4-18-11(8-16)1-2-14/h5-7,11H,1-4,8,14H2. The number of hydrogen-bond acceptors (Lipinski definition) is 4. The number of hydrogen-bond donors (Lipinski definition) is 1. The number of rotatable bonds is 3. The first kappa shape index (κ1) is 12.9. The zero-order chi connectivity index (χ0) is 13.0. The molecule has 0 saturated carbocycles. The second-order valence-corrected chi connectivity index (χ2v) is 4.21. The summed E-state index contributed by atoms with van der Waals surface area (Å²) >= 11 is 0. The van der Waals surface area contributed by atoms with Crippen LogP contribution in [0.3, 0.4) is 0 Å². The van der Waals surface area contributed by atoms with E-state index in [0.717, 1.165) is 6.20 Å². The van der Waals surface area contributed by atoms with Gasteiger partial charge in [0.2, 0.25) is 0 Å². The monoisotopic (exact) mass is 253 g/mol. The van der Waals surface area contributed by atoms with Gasteiger partial charge in [-0.25, -0.2) is 4.39 Å². The largest absolute Gasteiger partial charge is 0.374 e. The first-order chi connectivity index (χ1) is 8.70. The number of ether oxygens (including phenoxy) is 1. The average Bonchev–Trinajstić information content (AvgIpc) is 2.39. The minimum absolute atomic E-state index is 0.0331. The molecule has 1 aliphatic rings. The van der Waals surface area contributed by atoms with Crippen molar-refractivity contribution in [1.29, 1.82) is 0 Å². The highest BCUT2D eigenvalue weighted by molar-refractivity contribution is 5.94. The van der Waals surface area contributed by atoms with E-state index < -0.39 is 5.82 Å². The normalized spacial score (nSPS) is 19.9. The molecule has 2 rings (SSSR count). The summed E-state index contributed by atoms with van der Waals surface area (Å²) in [5.41, 5.74) is 5.74. The van der Waals surface area contributed by atoms with Gasteiger partial charge in [-0.3, -0.25) is 9.78 Å². The van der Waals surface area contributed by atoms with E-state index in [2.05, 4.69) is 4.98 Å². The minimum Gasteiger partial charge on any atom is -0.374 e. The molecule has 1 aromatic rings. The van der Waals surface area contributed by atoms with Gasteiger partial charge in [0.25, 0.3) is 5.91 Å². The Labute approximate surface area is 105 Å². The van der Waals surface area contributed by atoms with E-state index in [9.17, 15) is 9.18 Å². The van der Waals surface area contributed by atoms with Crippen LogP contribution >= 0.6 is 0 Å². The topological polar surface area (TPSA) is 68.5 Å². The van der Waals surface area contributed by atoms with Gasteiger partial charge in [0.15, 0.2) is 0 Å². The molecule has 1 atom stereocenters. The van der Waals surface area contributed by atoms with Gasteiger partial charge in [0.1, 0.15) is 5.82 Å². The van der Waals surface area contributed by atoms with E-state index in [4.69, 9.17) is 10.5 Å². The lowest BCUT2D eigenvalue weighted by Crippen LogP contribution is -2.46. The molecule has 0 spiro atoms. The average molecular weight is 253 g/mol. The van der Waals surface area contributed by atoms with Crippen LogP contribution in [0.15, 0.2) is 18.5 Å². The van der Waals surface area contributed by atoms with Crippen LogP contribution in [-0.4, -0.2) is 48.1 Å². The van der Waals surface area contributed by atoms with Crippen molar-refractivity contribution in [3.63, 3.8) is 0 Å². The van der Waals surface area contributed by atoms with Gasteiger partial charge in [-0.05, 0) is 19.0 Å². The Morgan fingerprint density at radius 3 is 3.17 bits per heavy atom. The molecular weight excluding hydrogens is 237 g/mol. The molecule has 18 heavy (non-hydrogen) atoms. The number of amides is 1. The SMILES string of the molecule is NCCC1CN(C(=O)c2cncc(F)c2)CCO1. The molecule has 1 aromatic heterocycles. The maximum absolute atomic E-state index is 13.0. The molecule has 1 fully saturated rings. The van der Waals surface area contributed by atoms with Gasteiger partial charge in [0, 0.05) is 19.3 Å². The quantitative estimate of drug-likeness (QED) is 0.847. The van der Waals surface area contributed by atoms with E-state index in [0.29, 0.717) is 32.7 Å². The van der Waals surface area contributed by atoms with Crippen molar-refractivity contribution >= 4 is 5.91 Å². The summed E-state index contributed by atoms with van der Waals surface area (Å²) < 4.78 is 18.5. The van der Waals surface area contributed by atoms with Gasteiger partial charge in [-0.15, -0.1) is 0 Å². The number of carbonyl (C=O) groups is 1. The number of carbonyl (C=O) groups excluding carboxylic acids is 1. The molecule has 5 nitrogen and oxygen atoms in total. The summed E-state index contributed by atoms with van der Waals surface area (Å²) in [6.07, 6.45) is 3.13. The van der Waals surface area contributed by atoms with Crippen molar-refractivity contribution in [2.45, 2.75) is 12.5 Å². The fourth-order valence-corrected chi connectivity index (χ4v) is 1.98. The summed E-state index contributed by atoms with van der Waals surface area (Å²) in [4.78, 5) is 17.5. The number of halogens is 1. The highest BCUT2D eigenvalue weighted by Gasteiger charge is 2.24. The molecule has 0 aliphatic carbocycles. The van der Waals surface area contributed by atoms with Crippen LogP contribution in [0.5, 0.6) is 0 Å². The van der Waals surface area contributed by atoms with E-state index in [1.807, 2.05) is 0 Å². The third-order valence-electron chi connectivity index (χ3n) is 2.87. The van der Waals surface area contributed by atoms with Crippen molar-refractivity contribution in [2.24, 2.45) is 5.73 Å². The van der Waals surface area contributed by atoms with Crippen molar-refractivity contribution in [2.75, 3.05) is 26.2 Å². The van der Waals surface area contributed by atoms with Crippen molar-refractivity contribution in [3.05, 3.63) is 29.8 Å². The Morgan fingerprint density at radius 2 is 2.44 bits per heavy atom. The molecule has 2 N–H and O–H groups in total. The molecule has 6 heteroatoms. The lowest BCUT2D eigenvalue weighted by molar-refractivity contribution is -0.0236. The maximum Gasteiger partial charge on any atom is 0.255 e. The Morgan fingerprint density at radius 1 is 1.61 bits per heavy atom. The molecule has 0 bridgehead atoms. The number of morpholine rings is 1. The predicted octanol–water partition coefficient (Wildman–Crippen LogP) is 0.411. The van der Waals surface area contributed by atoms with Gasteiger partial charge in [0.05, 0.1) is 24.5 Å². The Kier molecular flexibility index (Phi) is 4.22. The predicted molar refractivity (Wildman–Crippen MR) is 63.5 cm³/mol. The molecular formula is C12H16FN3O2. The molecule has 1 amide bonds. The number of nitrogens with zero attached hydrogens (tertiary/aromatic N) is 2. The van der Waals surface area contributed by atoms with Crippen molar-refractivity contribution < 1.29 is 13.9 Å². The van der Waals surface area contributed by atoms with Crippen LogP contribution in [0.2, 0.25) is 0 Å². The first-order valence-corrected chi connectivity index (χ1v) is 5.92. The van der Waals surface area contributed by atoms with Crippen LogP contribution in [0.1, 0.15) is 16.8 Å². The fraction of sp³-hybridized carbons (Fsp3) is 0.500. The molecule has 98 valence electrons. The molecule has 2 heterocycles. The second kappa shape index (κ2) is 5.88. The van der Waals surface area contributed by atoms with Crippen LogP contribution in [0.25, 0.3) is 0 Å². The van der Waals surface area contributed by atoms with E-state index in [1.165, 1.54) is 12.3 Å². The highest BCUT2D eigenvalue weighted by Crippen LogP contribution is 2.12. The molecule has 0 radical (unpaired) electrons.